The fourth-order valence-electron chi connectivity index (χ4n) is 1.62. The average molecular weight is 262 g/mol. The van der Waals surface area contributed by atoms with Crippen LogP contribution < -0.4 is 10.0 Å². The van der Waals surface area contributed by atoms with Crippen LogP contribution in [0.15, 0.2) is 54.6 Å². The van der Waals surface area contributed by atoms with Crippen molar-refractivity contribution in [1.29, 1.82) is 0 Å². The van der Waals surface area contributed by atoms with Crippen molar-refractivity contribution in [3.05, 3.63) is 54.6 Å². The van der Waals surface area contributed by atoms with Crippen molar-refractivity contribution in [2.45, 2.75) is 6.92 Å². The largest absolute Gasteiger partial charge is 0.457 e. The van der Waals surface area contributed by atoms with Gasteiger partial charge in [0.2, 0.25) is 7.37 Å². The summed E-state index contributed by atoms with van der Waals surface area (Å²) in [6, 6.07) is 16.1. The van der Waals surface area contributed by atoms with Crippen LogP contribution >= 0.6 is 7.37 Å². The maximum Gasteiger partial charge on any atom is 0.233 e. The Morgan fingerprint density at radius 3 is 2.33 bits per heavy atom. The Bertz CT molecular complexity index is 566. The molecule has 0 bridgehead atoms. The van der Waals surface area contributed by atoms with E-state index in [1.54, 1.807) is 31.2 Å². The van der Waals surface area contributed by atoms with E-state index in [1.165, 1.54) is 0 Å². The van der Waals surface area contributed by atoms with Crippen LogP contribution in [-0.2, 0) is 4.57 Å². The second-order valence-electron chi connectivity index (χ2n) is 3.90. The van der Waals surface area contributed by atoms with Crippen LogP contribution in [0.5, 0.6) is 11.5 Å². The molecule has 2 rings (SSSR count). The Kier molecular flexibility index (Phi) is 3.85. The molecule has 4 heteroatoms. The van der Waals surface area contributed by atoms with E-state index >= 15 is 0 Å². The second kappa shape index (κ2) is 5.38. The van der Waals surface area contributed by atoms with Gasteiger partial charge in [-0.2, -0.15) is 0 Å². The molecule has 0 radical (unpaired) electrons. The lowest BCUT2D eigenvalue weighted by Gasteiger charge is -2.14. The summed E-state index contributed by atoms with van der Waals surface area (Å²) >= 11 is 0. The normalized spacial score (nSPS) is 13.9. The Morgan fingerprint density at radius 1 is 1.06 bits per heavy atom. The molecule has 1 N–H and O–H groups in total. The minimum Gasteiger partial charge on any atom is -0.457 e. The molecule has 0 fully saturated rings. The minimum atomic E-state index is -3.33. The lowest BCUT2D eigenvalue weighted by Crippen LogP contribution is -2.09. The zero-order valence-corrected chi connectivity index (χ0v) is 11.0. The number of hydrogen-bond donors (Lipinski definition) is 1. The smallest absolute Gasteiger partial charge is 0.233 e. The summed E-state index contributed by atoms with van der Waals surface area (Å²) in [5, 5.41) is 0.372. The molecule has 18 heavy (non-hydrogen) atoms. The topological polar surface area (TPSA) is 46.5 Å². The first kappa shape index (κ1) is 12.9. The molecule has 0 spiro atoms. The summed E-state index contributed by atoms with van der Waals surface area (Å²) in [5.74, 6) is 1.09. The van der Waals surface area contributed by atoms with Gasteiger partial charge in [-0.3, -0.25) is 4.57 Å². The van der Waals surface area contributed by atoms with Crippen molar-refractivity contribution in [2.24, 2.45) is 0 Å². The van der Waals surface area contributed by atoms with Gasteiger partial charge in [0.25, 0.3) is 0 Å². The Hall–Kier alpha value is -1.57. The summed E-state index contributed by atoms with van der Waals surface area (Å²) in [4.78, 5) is 9.93. The van der Waals surface area contributed by atoms with Gasteiger partial charge in [-0.25, -0.2) is 0 Å². The maximum absolute atomic E-state index is 12.1. The van der Waals surface area contributed by atoms with Gasteiger partial charge in [0.15, 0.2) is 0 Å². The number of ether oxygens (including phenoxy) is 1. The lowest BCUT2D eigenvalue weighted by molar-refractivity contribution is 0.474. The van der Waals surface area contributed by atoms with E-state index in [-0.39, 0.29) is 6.16 Å². The molecule has 94 valence electrons. The molecule has 3 nitrogen and oxygen atoms in total. The molecule has 1 unspecified atom stereocenters. The van der Waals surface area contributed by atoms with Crippen LogP contribution in [0.3, 0.4) is 0 Å². The minimum absolute atomic E-state index is 0.197. The predicted octanol–water partition coefficient (Wildman–Crippen LogP) is 3.39. The molecule has 2 aromatic carbocycles. The van der Waals surface area contributed by atoms with E-state index in [2.05, 4.69) is 0 Å². The van der Waals surface area contributed by atoms with Crippen LogP contribution in [0.2, 0.25) is 0 Å². The highest BCUT2D eigenvalue weighted by Gasteiger charge is 2.23. The molecular weight excluding hydrogens is 247 g/mol. The van der Waals surface area contributed by atoms with Crippen molar-refractivity contribution in [3.8, 4) is 11.5 Å². The molecule has 0 aliphatic heterocycles. The molecule has 0 aromatic heterocycles. The van der Waals surface area contributed by atoms with Gasteiger partial charge in [0.1, 0.15) is 11.5 Å². The first-order chi connectivity index (χ1) is 8.63. The van der Waals surface area contributed by atoms with Gasteiger partial charge in [-0.05, 0) is 24.3 Å². The third-order valence-corrected chi connectivity index (χ3v) is 4.62. The standard InChI is InChI=1S/C14H15O3P/c1-2-18(15,16)14-11-7-6-10-13(14)17-12-8-4-3-5-9-12/h3-11H,2H2,1H3,(H,15,16). The van der Waals surface area contributed by atoms with Crippen LogP contribution in [0.25, 0.3) is 0 Å². The van der Waals surface area contributed by atoms with Gasteiger partial charge in [-0.1, -0.05) is 37.3 Å². The van der Waals surface area contributed by atoms with Crippen molar-refractivity contribution < 1.29 is 14.2 Å². The van der Waals surface area contributed by atoms with Gasteiger partial charge < -0.3 is 9.63 Å². The highest BCUT2D eigenvalue weighted by Crippen LogP contribution is 2.42. The van der Waals surface area contributed by atoms with E-state index < -0.39 is 7.37 Å². The molecule has 0 saturated carbocycles. The van der Waals surface area contributed by atoms with Gasteiger partial charge in [0.05, 0.1) is 5.30 Å². The summed E-state index contributed by atoms with van der Waals surface area (Å²) in [7, 11) is -3.33. The van der Waals surface area contributed by atoms with Crippen molar-refractivity contribution in [2.75, 3.05) is 6.16 Å². The predicted molar refractivity (Wildman–Crippen MR) is 73.0 cm³/mol. The lowest BCUT2D eigenvalue weighted by atomic mass is 10.3. The maximum atomic E-state index is 12.1. The number of hydrogen-bond acceptors (Lipinski definition) is 2. The molecule has 2 aromatic rings. The van der Waals surface area contributed by atoms with Gasteiger partial charge in [0, 0.05) is 6.16 Å². The molecule has 0 aliphatic rings. The molecule has 0 saturated heterocycles. The fourth-order valence-corrected chi connectivity index (χ4v) is 2.74. The van der Waals surface area contributed by atoms with Crippen LogP contribution in [0.4, 0.5) is 0 Å². The zero-order chi connectivity index (χ0) is 13.0. The van der Waals surface area contributed by atoms with Crippen molar-refractivity contribution >= 4 is 12.7 Å². The van der Waals surface area contributed by atoms with Crippen molar-refractivity contribution in [1.82, 2.24) is 0 Å². The quantitative estimate of drug-likeness (QED) is 0.859. The highest BCUT2D eigenvalue weighted by molar-refractivity contribution is 7.66. The molecule has 0 aliphatic carbocycles. The van der Waals surface area contributed by atoms with Gasteiger partial charge in [-0.15, -0.1) is 0 Å². The van der Waals surface area contributed by atoms with E-state index in [0.29, 0.717) is 16.8 Å². The summed E-state index contributed by atoms with van der Waals surface area (Å²) in [5.41, 5.74) is 0. The average Bonchev–Trinajstić information content (AvgIpc) is 2.40. The first-order valence-electron chi connectivity index (χ1n) is 5.78. The van der Waals surface area contributed by atoms with E-state index in [4.69, 9.17) is 4.74 Å². The van der Waals surface area contributed by atoms with Crippen molar-refractivity contribution in [3.63, 3.8) is 0 Å². The van der Waals surface area contributed by atoms with Crippen LogP contribution in [0.1, 0.15) is 6.92 Å². The SMILES string of the molecule is CCP(=O)(O)c1ccccc1Oc1ccccc1. The van der Waals surface area contributed by atoms with Gasteiger partial charge >= 0.3 is 0 Å². The zero-order valence-electron chi connectivity index (χ0n) is 10.1. The fraction of sp³-hybridized carbons (Fsp3) is 0.143. The van der Waals surface area contributed by atoms with E-state index in [1.807, 2.05) is 30.3 Å². The Morgan fingerprint density at radius 2 is 1.67 bits per heavy atom. The Labute approximate surface area is 107 Å². The number of rotatable bonds is 4. The first-order valence-corrected chi connectivity index (χ1v) is 7.62. The van der Waals surface area contributed by atoms with Crippen LogP contribution in [0, 0.1) is 0 Å². The molecular formula is C14H15O3P. The summed E-state index contributed by atoms with van der Waals surface area (Å²) in [6.45, 7) is 1.69. The van der Waals surface area contributed by atoms with Crippen LogP contribution in [-0.4, -0.2) is 11.1 Å². The highest BCUT2D eigenvalue weighted by atomic mass is 31.2. The Balaban J connectivity index is 2.37. The molecule has 1 atom stereocenters. The van der Waals surface area contributed by atoms with E-state index in [9.17, 15) is 9.46 Å². The summed E-state index contributed by atoms with van der Waals surface area (Å²) in [6.07, 6.45) is 0.197. The third-order valence-electron chi connectivity index (χ3n) is 2.64. The monoisotopic (exact) mass is 262 g/mol. The van der Waals surface area contributed by atoms with E-state index in [0.717, 1.165) is 0 Å². The summed E-state index contributed by atoms with van der Waals surface area (Å²) < 4.78 is 17.7. The molecule has 0 heterocycles. The molecule has 0 amide bonds. The number of benzene rings is 2. The number of para-hydroxylation sites is 2. The second-order valence-corrected chi connectivity index (χ2v) is 6.42. The third kappa shape index (κ3) is 2.81.